The molecule has 4 heteroatoms. The van der Waals surface area contributed by atoms with E-state index in [2.05, 4.69) is 10.3 Å². The molecule has 1 aliphatic heterocycles. The molecular formula is C12H17N3O. The molecule has 2 heterocycles. The molecule has 2 rings (SSSR count). The van der Waals surface area contributed by atoms with Crippen LogP contribution in [0.3, 0.4) is 0 Å². The standard InChI is InChI=1S/C12H17N3O/c13-11(16)12(6-9-15-12)5-1-2-10-3-7-14-8-4-10/h3-4,7-8,15H,1-2,5-6,9H2,(H2,13,16). The third kappa shape index (κ3) is 2.22. The minimum absolute atomic E-state index is 0.214. The quantitative estimate of drug-likeness (QED) is 0.763. The second-order valence-electron chi connectivity index (χ2n) is 4.33. The molecule has 3 N–H and O–H groups in total. The van der Waals surface area contributed by atoms with Crippen molar-refractivity contribution in [1.82, 2.24) is 10.3 Å². The van der Waals surface area contributed by atoms with Crippen LogP contribution in [0.25, 0.3) is 0 Å². The molecule has 0 radical (unpaired) electrons. The van der Waals surface area contributed by atoms with E-state index in [9.17, 15) is 4.79 Å². The van der Waals surface area contributed by atoms with Gasteiger partial charge in [0.25, 0.3) is 0 Å². The lowest BCUT2D eigenvalue weighted by molar-refractivity contribution is -0.127. The Morgan fingerprint density at radius 3 is 2.69 bits per heavy atom. The van der Waals surface area contributed by atoms with E-state index in [4.69, 9.17) is 5.73 Å². The van der Waals surface area contributed by atoms with Gasteiger partial charge in [0.1, 0.15) is 0 Å². The van der Waals surface area contributed by atoms with Crippen molar-refractivity contribution >= 4 is 5.91 Å². The largest absolute Gasteiger partial charge is 0.368 e. The normalized spacial score (nSPS) is 23.8. The van der Waals surface area contributed by atoms with Crippen molar-refractivity contribution in [2.45, 2.75) is 31.2 Å². The fourth-order valence-electron chi connectivity index (χ4n) is 2.12. The highest BCUT2D eigenvalue weighted by Gasteiger charge is 2.41. The van der Waals surface area contributed by atoms with E-state index >= 15 is 0 Å². The number of hydrogen-bond acceptors (Lipinski definition) is 3. The topological polar surface area (TPSA) is 68.0 Å². The molecule has 1 saturated heterocycles. The number of primary amides is 1. The number of aryl methyl sites for hydroxylation is 1. The Hall–Kier alpha value is -1.42. The molecule has 1 unspecified atom stereocenters. The maximum Gasteiger partial charge on any atom is 0.237 e. The summed E-state index contributed by atoms with van der Waals surface area (Å²) in [6.45, 7) is 0.901. The van der Waals surface area contributed by atoms with Crippen LogP contribution in [0.2, 0.25) is 0 Å². The van der Waals surface area contributed by atoms with Crippen LogP contribution in [0.15, 0.2) is 24.5 Å². The van der Waals surface area contributed by atoms with Gasteiger partial charge >= 0.3 is 0 Å². The van der Waals surface area contributed by atoms with Gasteiger partial charge in [-0.1, -0.05) is 0 Å². The van der Waals surface area contributed by atoms with Crippen molar-refractivity contribution in [2.24, 2.45) is 5.73 Å². The minimum atomic E-state index is -0.424. The van der Waals surface area contributed by atoms with Gasteiger partial charge in [0.2, 0.25) is 5.91 Å². The average Bonchev–Trinajstić information content (AvgIpc) is 2.23. The predicted octanol–water partition coefficient (Wildman–Crippen LogP) is 0.622. The molecule has 0 aromatic carbocycles. The van der Waals surface area contributed by atoms with Gasteiger partial charge in [0.05, 0.1) is 5.54 Å². The van der Waals surface area contributed by atoms with Crippen LogP contribution in [-0.2, 0) is 11.2 Å². The molecule has 1 amide bonds. The summed E-state index contributed by atoms with van der Waals surface area (Å²) in [7, 11) is 0. The molecule has 0 saturated carbocycles. The lowest BCUT2D eigenvalue weighted by Crippen LogP contribution is -2.64. The lowest BCUT2D eigenvalue weighted by atomic mass is 9.82. The first kappa shape index (κ1) is 11.1. The third-order valence-corrected chi connectivity index (χ3v) is 3.31. The van der Waals surface area contributed by atoms with Crippen LogP contribution in [0.4, 0.5) is 0 Å². The number of amides is 1. The molecule has 16 heavy (non-hydrogen) atoms. The fraction of sp³-hybridized carbons (Fsp3) is 0.500. The summed E-state index contributed by atoms with van der Waals surface area (Å²) in [5, 5.41) is 3.16. The Kier molecular flexibility index (Phi) is 3.19. The number of carbonyl (C=O) groups excluding carboxylic acids is 1. The van der Waals surface area contributed by atoms with Crippen LogP contribution in [0.1, 0.15) is 24.8 Å². The molecular weight excluding hydrogens is 202 g/mol. The number of nitrogens with zero attached hydrogens (tertiary/aromatic N) is 1. The molecule has 0 spiro atoms. The van der Waals surface area contributed by atoms with Crippen LogP contribution < -0.4 is 11.1 Å². The number of aromatic nitrogens is 1. The van der Waals surface area contributed by atoms with Crippen molar-refractivity contribution in [2.75, 3.05) is 6.54 Å². The summed E-state index contributed by atoms with van der Waals surface area (Å²) in [5.41, 5.74) is 6.24. The highest BCUT2D eigenvalue weighted by Crippen LogP contribution is 2.24. The molecule has 1 aliphatic rings. The third-order valence-electron chi connectivity index (χ3n) is 3.31. The molecule has 0 aliphatic carbocycles. The summed E-state index contributed by atoms with van der Waals surface area (Å²) >= 11 is 0. The molecule has 4 nitrogen and oxygen atoms in total. The molecule has 1 atom stereocenters. The number of nitrogens with two attached hydrogens (primary N) is 1. The van der Waals surface area contributed by atoms with E-state index in [1.807, 2.05) is 12.1 Å². The van der Waals surface area contributed by atoms with Crippen molar-refractivity contribution in [3.05, 3.63) is 30.1 Å². The SMILES string of the molecule is NC(=O)C1(CCCc2ccncc2)CCN1. The first-order chi connectivity index (χ1) is 7.73. The summed E-state index contributed by atoms with van der Waals surface area (Å²) in [6, 6.07) is 4.01. The average molecular weight is 219 g/mol. The van der Waals surface area contributed by atoms with Gasteiger partial charge in [0.15, 0.2) is 0 Å². The van der Waals surface area contributed by atoms with Crippen molar-refractivity contribution in [1.29, 1.82) is 0 Å². The van der Waals surface area contributed by atoms with E-state index in [1.165, 1.54) is 5.56 Å². The van der Waals surface area contributed by atoms with Crippen LogP contribution in [0, 0.1) is 0 Å². The molecule has 86 valence electrons. The number of hydrogen-bond donors (Lipinski definition) is 2. The Morgan fingerprint density at radius 2 is 2.19 bits per heavy atom. The molecule has 0 bridgehead atoms. The van der Waals surface area contributed by atoms with Crippen LogP contribution >= 0.6 is 0 Å². The smallest absolute Gasteiger partial charge is 0.237 e. The fourth-order valence-corrected chi connectivity index (χ4v) is 2.12. The molecule has 1 aromatic rings. The monoisotopic (exact) mass is 219 g/mol. The summed E-state index contributed by atoms with van der Waals surface area (Å²) in [6.07, 6.45) is 7.23. The predicted molar refractivity (Wildman–Crippen MR) is 61.7 cm³/mol. The van der Waals surface area contributed by atoms with Crippen molar-refractivity contribution in [3.63, 3.8) is 0 Å². The van der Waals surface area contributed by atoms with Gasteiger partial charge in [-0.2, -0.15) is 0 Å². The van der Waals surface area contributed by atoms with E-state index in [1.54, 1.807) is 12.4 Å². The summed E-state index contributed by atoms with van der Waals surface area (Å²) < 4.78 is 0. The summed E-state index contributed by atoms with van der Waals surface area (Å²) in [5.74, 6) is -0.214. The lowest BCUT2D eigenvalue weighted by Gasteiger charge is -2.40. The van der Waals surface area contributed by atoms with E-state index in [0.29, 0.717) is 0 Å². The number of rotatable bonds is 5. The molecule has 1 aromatic heterocycles. The highest BCUT2D eigenvalue weighted by molar-refractivity contribution is 5.85. The van der Waals surface area contributed by atoms with Crippen molar-refractivity contribution in [3.8, 4) is 0 Å². The van der Waals surface area contributed by atoms with Gasteiger partial charge < -0.3 is 11.1 Å². The number of nitrogens with one attached hydrogen (secondary N) is 1. The zero-order valence-corrected chi connectivity index (χ0v) is 9.28. The van der Waals surface area contributed by atoms with Gasteiger partial charge in [-0.15, -0.1) is 0 Å². The Balaban J connectivity index is 1.82. The Bertz CT molecular complexity index is 360. The molecule has 1 fully saturated rings. The maximum absolute atomic E-state index is 11.3. The highest BCUT2D eigenvalue weighted by atomic mass is 16.1. The first-order valence-corrected chi connectivity index (χ1v) is 5.67. The zero-order chi connectivity index (χ0) is 11.4. The van der Waals surface area contributed by atoms with Crippen LogP contribution in [-0.4, -0.2) is 23.0 Å². The first-order valence-electron chi connectivity index (χ1n) is 5.67. The van der Waals surface area contributed by atoms with Gasteiger partial charge in [-0.25, -0.2) is 0 Å². The second kappa shape index (κ2) is 4.61. The Morgan fingerprint density at radius 1 is 1.50 bits per heavy atom. The van der Waals surface area contributed by atoms with Crippen LogP contribution in [0.5, 0.6) is 0 Å². The van der Waals surface area contributed by atoms with Gasteiger partial charge in [0, 0.05) is 12.4 Å². The number of pyridine rings is 1. The Labute approximate surface area is 95.3 Å². The minimum Gasteiger partial charge on any atom is -0.368 e. The van der Waals surface area contributed by atoms with Crippen molar-refractivity contribution < 1.29 is 4.79 Å². The van der Waals surface area contributed by atoms with E-state index in [0.717, 1.165) is 32.2 Å². The maximum atomic E-state index is 11.3. The van der Waals surface area contributed by atoms with Gasteiger partial charge in [-0.3, -0.25) is 9.78 Å². The van der Waals surface area contributed by atoms with Gasteiger partial charge in [-0.05, 0) is 49.9 Å². The van der Waals surface area contributed by atoms with E-state index in [-0.39, 0.29) is 5.91 Å². The van der Waals surface area contributed by atoms with E-state index < -0.39 is 5.54 Å². The second-order valence-corrected chi connectivity index (χ2v) is 4.33. The number of carbonyl (C=O) groups is 1. The zero-order valence-electron chi connectivity index (χ0n) is 9.28. The summed E-state index contributed by atoms with van der Waals surface area (Å²) in [4.78, 5) is 15.3.